The van der Waals surface area contributed by atoms with Crippen molar-refractivity contribution in [1.82, 2.24) is 0 Å². The molecule has 3 aromatic rings. The average molecular weight is 366 g/mol. The van der Waals surface area contributed by atoms with Crippen molar-refractivity contribution in [1.29, 1.82) is 0 Å². The Bertz CT molecular complexity index is 995. The van der Waals surface area contributed by atoms with Crippen molar-refractivity contribution >= 4 is 5.97 Å². The lowest BCUT2D eigenvalue weighted by atomic mass is 10.00. The van der Waals surface area contributed by atoms with E-state index in [4.69, 9.17) is 9.47 Å². The van der Waals surface area contributed by atoms with Gasteiger partial charge in [0.25, 0.3) is 0 Å². The van der Waals surface area contributed by atoms with Gasteiger partial charge in [0.1, 0.15) is 0 Å². The van der Waals surface area contributed by atoms with E-state index in [-0.39, 0.29) is 11.5 Å². The summed E-state index contributed by atoms with van der Waals surface area (Å²) in [4.78, 5) is 11.2. The minimum atomic E-state index is -0.724. The summed E-state index contributed by atoms with van der Waals surface area (Å²) >= 11 is 0. The molecule has 0 radical (unpaired) electrons. The first-order valence-corrected chi connectivity index (χ1v) is 8.10. The lowest BCUT2D eigenvalue weighted by molar-refractivity contribution is -0.129. The van der Waals surface area contributed by atoms with E-state index in [0.29, 0.717) is 11.1 Å². The first-order valence-electron chi connectivity index (χ1n) is 8.10. The molecule has 0 aliphatic carbocycles. The summed E-state index contributed by atoms with van der Waals surface area (Å²) in [5.41, 5.74) is 2.92. The van der Waals surface area contributed by atoms with Crippen molar-refractivity contribution in [2.45, 2.75) is 0 Å². The molecule has 0 amide bonds. The van der Waals surface area contributed by atoms with E-state index in [1.54, 1.807) is 18.2 Å². The molecule has 3 rings (SSSR count). The van der Waals surface area contributed by atoms with Crippen LogP contribution in [0.25, 0.3) is 22.3 Å². The van der Waals surface area contributed by atoms with Gasteiger partial charge in [0.15, 0.2) is 23.1 Å². The van der Waals surface area contributed by atoms with E-state index in [1.807, 2.05) is 24.3 Å². The number of carbonyl (C=O) groups excluding carboxylic acids is 1. The van der Waals surface area contributed by atoms with Crippen LogP contribution in [0.1, 0.15) is 0 Å². The quantitative estimate of drug-likeness (QED) is 0.345. The van der Waals surface area contributed by atoms with Crippen LogP contribution < -0.4 is 9.47 Å². The van der Waals surface area contributed by atoms with Crippen LogP contribution >= 0.6 is 0 Å². The summed E-state index contributed by atoms with van der Waals surface area (Å²) in [7, 11) is 1.41. The molecule has 5 heteroatoms. The van der Waals surface area contributed by atoms with Crippen molar-refractivity contribution in [3.05, 3.63) is 85.0 Å². The summed E-state index contributed by atoms with van der Waals surface area (Å²) < 4.78 is 37.7. The smallest absolute Gasteiger partial charge is 0.335 e. The van der Waals surface area contributed by atoms with Crippen molar-refractivity contribution in [2.24, 2.45) is 0 Å². The molecule has 0 spiro atoms. The number of esters is 1. The molecular weight excluding hydrogens is 350 g/mol. The Balaban J connectivity index is 1.85. The third-order valence-electron chi connectivity index (χ3n) is 4.01. The molecule has 0 saturated carbocycles. The number of carbonyl (C=O) groups is 1. The Morgan fingerprint density at radius 3 is 1.67 bits per heavy atom. The monoisotopic (exact) mass is 366 g/mol. The molecule has 0 bridgehead atoms. The number of hydrogen-bond acceptors (Lipinski definition) is 3. The van der Waals surface area contributed by atoms with Gasteiger partial charge in [-0.15, -0.1) is 0 Å². The van der Waals surface area contributed by atoms with E-state index in [9.17, 15) is 13.6 Å². The van der Waals surface area contributed by atoms with Gasteiger partial charge in [-0.1, -0.05) is 43.0 Å². The summed E-state index contributed by atoms with van der Waals surface area (Å²) in [5.74, 6) is -1.79. The van der Waals surface area contributed by atoms with Crippen LogP contribution in [0.5, 0.6) is 11.5 Å². The first-order chi connectivity index (χ1) is 13.0. The van der Waals surface area contributed by atoms with Crippen LogP contribution in [-0.4, -0.2) is 13.1 Å². The highest BCUT2D eigenvalue weighted by atomic mass is 19.1. The Labute approximate surface area is 155 Å². The van der Waals surface area contributed by atoms with E-state index in [0.717, 1.165) is 17.2 Å². The standard InChI is InChI=1S/C22H16F2O3/c1-3-22(25)27-21-11-9-17(13-19(21)24)15-6-4-14(5-7-15)16-8-10-20(26-2)18(23)12-16/h3-13H,1H2,2H3. The second kappa shape index (κ2) is 7.83. The average Bonchev–Trinajstić information content (AvgIpc) is 2.69. The second-order valence-electron chi connectivity index (χ2n) is 5.70. The third kappa shape index (κ3) is 4.03. The van der Waals surface area contributed by atoms with Crippen LogP contribution in [0, 0.1) is 11.6 Å². The SMILES string of the molecule is C=CC(=O)Oc1ccc(-c2ccc(-c3ccc(OC)c(F)c3)cc2)cc1F. The van der Waals surface area contributed by atoms with E-state index in [2.05, 4.69) is 6.58 Å². The molecule has 0 fully saturated rings. The molecule has 27 heavy (non-hydrogen) atoms. The highest BCUT2D eigenvalue weighted by Gasteiger charge is 2.10. The number of methoxy groups -OCH3 is 1. The number of hydrogen-bond donors (Lipinski definition) is 0. The largest absolute Gasteiger partial charge is 0.494 e. The van der Waals surface area contributed by atoms with Gasteiger partial charge in [-0.25, -0.2) is 13.6 Å². The maximum atomic E-state index is 14.1. The molecular formula is C22H16F2O3. The lowest BCUT2D eigenvalue weighted by Crippen LogP contribution is -2.04. The van der Waals surface area contributed by atoms with Gasteiger partial charge < -0.3 is 9.47 Å². The zero-order valence-corrected chi connectivity index (χ0v) is 14.5. The topological polar surface area (TPSA) is 35.5 Å². The lowest BCUT2D eigenvalue weighted by Gasteiger charge is -2.08. The normalized spacial score (nSPS) is 10.3. The maximum absolute atomic E-state index is 14.1. The molecule has 3 aromatic carbocycles. The summed E-state index contributed by atoms with van der Waals surface area (Å²) in [6.07, 6.45) is 0.966. The molecule has 0 unspecified atom stereocenters. The van der Waals surface area contributed by atoms with Crippen LogP contribution in [0.3, 0.4) is 0 Å². The Kier molecular flexibility index (Phi) is 5.31. The predicted octanol–water partition coefficient (Wildman–Crippen LogP) is 5.40. The summed E-state index contributed by atoms with van der Waals surface area (Å²) in [5, 5.41) is 0. The van der Waals surface area contributed by atoms with Crippen molar-refractivity contribution in [2.75, 3.05) is 7.11 Å². The van der Waals surface area contributed by atoms with Crippen molar-refractivity contribution in [3.63, 3.8) is 0 Å². The number of halogens is 2. The van der Waals surface area contributed by atoms with E-state index >= 15 is 0 Å². The molecule has 0 aromatic heterocycles. The number of benzene rings is 3. The van der Waals surface area contributed by atoms with Crippen LogP contribution in [0.4, 0.5) is 8.78 Å². The van der Waals surface area contributed by atoms with Gasteiger partial charge in [0.05, 0.1) is 7.11 Å². The van der Waals surface area contributed by atoms with Gasteiger partial charge in [0.2, 0.25) is 0 Å². The van der Waals surface area contributed by atoms with Crippen molar-refractivity contribution < 1.29 is 23.0 Å². The predicted molar refractivity (Wildman–Crippen MR) is 99.6 cm³/mol. The van der Waals surface area contributed by atoms with E-state index in [1.165, 1.54) is 25.3 Å². The Morgan fingerprint density at radius 1 is 0.815 bits per heavy atom. The van der Waals surface area contributed by atoms with Crippen LogP contribution in [-0.2, 0) is 4.79 Å². The fourth-order valence-electron chi connectivity index (χ4n) is 2.61. The van der Waals surface area contributed by atoms with Crippen molar-refractivity contribution in [3.8, 4) is 33.8 Å². The molecule has 0 N–H and O–H groups in total. The van der Waals surface area contributed by atoms with Gasteiger partial charge in [-0.3, -0.25) is 0 Å². The molecule has 136 valence electrons. The fraction of sp³-hybridized carbons (Fsp3) is 0.0455. The van der Waals surface area contributed by atoms with Gasteiger partial charge >= 0.3 is 5.97 Å². The summed E-state index contributed by atoms with van der Waals surface area (Å²) in [6.45, 7) is 3.27. The van der Waals surface area contributed by atoms with Gasteiger partial charge in [0, 0.05) is 6.08 Å². The number of ether oxygens (including phenoxy) is 2. The van der Waals surface area contributed by atoms with Gasteiger partial charge in [-0.05, 0) is 46.5 Å². The maximum Gasteiger partial charge on any atom is 0.335 e. The molecule has 3 nitrogen and oxygen atoms in total. The molecule has 0 atom stereocenters. The molecule has 0 saturated heterocycles. The molecule has 0 aliphatic rings. The van der Waals surface area contributed by atoms with Crippen LogP contribution in [0.15, 0.2) is 73.3 Å². The highest BCUT2D eigenvalue weighted by molar-refractivity contribution is 5.83. The number of rotatable bonds is 5. The molecule has 0 heterocycles. The Morgan fingerprint density at radius 2 is 1.26 bits per heavy atom. The van der Waals surface area contributed by atoms with Crippen LogP contribution in [0.2, 0.25) is 0 Å². The fourth-order valence-corrected chi connectivity index (χ4v) is 2.61. The first kappa shape index (κ1) is 18.3. The van der Waals surface area contributed by atoms with E-state index < -0.39 is 17.6 Å². The minimum absolute atomic E-state index is 0.158. The zero-order chi connectivity index (χ0) is 19.4. The molecule has 0 aliphatic heterocycles. The highest BCUT2D eigenvalue weighted by Crippen LogP contribution is 2.30. The minimum Gasteiger partial charge on any atom is -0.494 e. The van der Waals surface area contributed by atoms with Gasteiger partial charge in [-0.2, -0.15) is 0 Å². The Hall–Kier alpha value is -3.47. The third-order valence-corrected chi connectivity index (χ3v) is 4.01. The summed E-state index contributed by atoms with van der Waals surface area (Å²) in [6, 6.07) is 16.3. The second-order valence-corrected chi connectivity index (χ2v) is 5.70. The zero-order valence-electron chi connectivity index (χ0n) is 14.5.